The predicted octanol–water partition coefficient (Wildman–Crippen LogP) is 1.90. The highest BCUT2D eigenvalue weighted by Crippen LogP contribution is 2.26. The van der Waals surface area contributed by atoms with E-state index in [9.17, 15) is 22.8 Å². The normalized spacial score (nSPS) is 12.4. The maximum atomic E-state index is 14.3. The summed E-state index contributed by atoms with van der Waals surface area (Å²) in [5.41, 5.74) is 0.105. The van der Waals surface area contributed by atoms with E-state index in [-0.39, 0.29) is 41.7 Å². The highest BCUT2D eigenvalue weighted by atomic mass is 32.1. The molecule has 0 saturated carbocycles. The molecule has 0 spiro atoms. The average molecular weight is 482 g/mol. The third kappa shape index (κ3) is 6.78. The van der Waals surface area contributed by atoms with Crippen LogP contribution < -0.4 is 10.6 Å². The topological polar surface area (TPSA) is 128 Å². The van der Waals surface area contributed by atoms with Crippen LogP contribution in [0.15, 0.2) is 24.7 Å². The molecule has 0 saturated heterocycles. The Hall–Kier alpha value is -3.42. The van der Waals surface area contributed by atoms with Gasteiger partial charge in [-0.05, 0) is 18.1 Å². The van der Waals surface area contributed by atoms with E-state index in [1.165, 1.54) is 30.2 Å². The Balaban J connectivity index is 1.48. The molecule has 3 aromatic heterocycles. The van der Waals surface area contributed by atoms with Gasteiger partial charge in [-0.1, -0.05) is 16.6 Å². The van der Waals surface area contributed by atoms with Crippen LogP contribution in [-0.4, -0.2) is 55.2 Å². The number of pyridine rings is 1. The van der Waals surface area contributed by atoms with Gasteiger partial charge in [-0.15, -0.1) is 15.3 Å². The minimum Gasteiger partial charge on any atom is -0.353 e. The van der Waals surface area contributed by atoms with E-state index in [1.54, 1.807) is 0 Å². The van der Waals surface area contributed by atoms with Crippen LogP contribution in [0.5, 0.6) is 0 Å². The Morgan fingerprint density at radius 2 is 2.00 bits per heavy atom. The van der Waals surface area contributed by atoms with E-state index >= 15 is 0 Å². The van der Waals surface area contributed by atoms with Gasteiger partial charge in [0.2, 0.25) is 5.01 Å². The van der Waals surface area contributed by atoms with E-state index in [4.69, 9.17) is 0 Å². The number of amides is 2. The molecule has 0 aromatic carbocycles. The first-order valence-corrected chi connectivity index (χ1v) is 10.7. The Labute approximate surface area is 190 Å². The number of nitrogens with one attached hydrogen (secondary N) is 2. The second-order valence-corrected chi connectivity index (χ2v) is 8.26. The van der Waals surface area contributed by atoms with Gasteiger partial charge in [0, 0.05) is 44.9 Å². The molecule has 0 bridgehead atoms. The lowest BCUT2D eigenvalue weighted by Crippen LogP contribution is -2.23. The number of alkyl halides is 3. The molecule has 3 heterocycles. The van der Waals surface area contributed by atoms with Crippen LogP contribution >= 0.6 is 11.3 Å². The summed E-state index contributed by atoms with van der Waals surface area (Å²) in [7, 11) is 1.48. The smallest absolute Gasteiger partial charge is 0.282 e. The van der Waals surface area contributed by atoms with Crippen molar-refractivity contribution >= 4 is 23.2 Å². The van der Waals surface area contributed by atoms with E-state index in [0.29, 0.717) is 17.0 Å². The quantitative estimate of drug-likeness (QED) is 0.452. The van der Waals surface area contributed by atoms with Gasteiger partial charge in [-0.2, -0.15) is 0 Å². The Bertz CT molecular complexity index is 1110. The molecule has 3 rings (SSSR count). The van der Waals surface area contributed by atoms with E-state index in [0.717, 1.165) is 24.5 Å². The summed E-state index contributed by atoms with van der Waals surface area (Å²) >= 11 is 1.09. The van der Waals surface area contributed by atoms with Crippen molar-refractivity contribution in [3.05, 3.63) is 51.5 Å². The minimum absolute atomic E-state index is 0.0335. The second-order valence-electron chi connectivity index (χ2n) is 7.19. The molecular formula is C19H21F3N8O2S. The number of halogens is 3. The van der Waals surface area contributed by atoms with Gasteiger partial charge in [0.25, 0.3) is 17.7 Å². The van der Waals surface area contributed by atoms with Crippen LogP contribution in [0.4, 0.5) is 13.2 Å². The van der Waals surface area contributed by atoms with Crippen molar-refractivity contribution in [2.45, 2.75) is 44.9 Å². The number of carbonyl (C=O) groups excluding carboxylic acids is 2. The second kappa shape index (κ2) is 10.5. The summed E-state index contributed by atoms with van der Waals surface area (Å²) in [6.07, 6.45) is 2.85. The van der Waals surface area contributed by atoms with Crippen LogP contribution in [0.3, 0.4) is 0 Å². The van der Waals surface area contributed by atoms with Crippen LogP contribution in [0.25, 0.3) is 0 Å². The zero-order valence-electron chi connectivity index (χ0n) is 17.8. The largest absolute Gasteiger partial charge is 0.353 e. The van der Waals surface area contributed by atoms with Gasteiger partial charge in [0.1, 0.15) is 11.2 Å². The fraction of sp³-hybridized carbons (Fsp3) is 0.421. The first kappa shape index (κ1) is 24.2. The van der Waals surface area contributed by atoms with E-state index in [1.807, 2.05) is 0 Å². The lowest BCUT2D eigenvalue weighted by atomic mass is 10.1. The van der Waals surface area contributed by atoms with Crippen molar-refractivity contribution in [1.82, 2.24) is 40.8 Å². The molecule has 0 fully saturated rings. The van der Waals surface area contributed by atoms with Crippen LogP contribution in [0.2, 0.25) is 0 Å². The van der Waals surface area contributed by atoms with E-state index in [2.05, 4.69) is 36.1 Å². The molecule has 0 radical (unpaired) electrons. The van der Waals surface area contributed by atoms with Crippen LogP contribution in [-0.2, 0) is 25.4 Å². The van der Waals surface area contributed by atoms with Crippen molar-refractivity contribution in [3.8, 4) is 0 Å². The number of carbonyl (C=O) groups is 2. The lowest BCUT2D eigenvalue weighted by Gasteiger charge is -2.11. The van der Waals surface area contributed by atoms with Gasteiger partial charge in [-0.25, -0.2) is 17.9 Å². The predicted molar refractivity (Wildman–Crippen MR) is 112 cm³/mol. The SMILES string of the molecule is CNC(=O)c1nnc(CCC(F)Cn2cc(C(=O)NCc3cncc(C(C)(F)F)c3)nn2)s1. The number of hydrogen-bond donors (Lipinski definition) is 2. The first-order chi connectivity index (χ1) is 15.7. The Kier molecular flexibility index (Phi) is 7.68. The number of aryl methyl sites for hydroxylation is 1. The van der Waals surface area contributed by atoms with Crippen molar-refractivity contribution in [3.63, 3.8) is 0 Å². The molecule has 2 N–H and O–H groups in total. The molecule has 0 aliphatic heterocycles. The van der Waals surface area contributed by atoms with Crippen LogP contribution in [0.1, 0.15) is 49.8 Å². The monoisotopic (exact) mass is 482 g/mol. The van der Waals surface area contributed by atoms with Crippen molar-refractivity contribution in [2.24, 2.45) is 0 Å². The maximum Gasteiger partial charge on any atom is 0.282 e. The van der Waals surface area contributed by atoms with Crippen molar-refractivity contribution in [1.29, 1.82) is 0 Å². The number of nitrogens with zero attached hydrogens (tertiary/aromatic N) is 6. The summed E-state index contributed by atoms with van der Waals surface area (Å²) in [6, 6.07) is 1.26. The van der Waals surface area contributed by atoms with Gasteiger partial charge in [0.05, 0.1) is 12.7 Å². The molecule has 3 aromatic rings. The number of rotatable bonds is 10. The first-order valence-electron chi connectivity index (χ1n) is 9.84. The molecule has 176 valence electrons. The fourth-order valence-electron chi connectivity index (χ4n) is 2.72. The molecule has 33 heavy (non-hydrogen) atoms. The molecular weight excluding hydrogens is 461 g/mol. The number of hydrogen-bond acceptors (Lipinski definition) is 8. The molecule has 2 amide bonds. The lowest BCUT2D eigenvalue weighted by molar-refractivity contribution is 0.0170. The van der Waals surface area contributed by atoms with Crippen molar-refractivity contribution in [2.75, 3.05) is 7.05 Å². The molecule has 14 heteroatoms. The van der Waals surface area contributed by atoms with Crippen molar-refractivity contribution < 1.29 is 22.8 Å². The zero-order valence-corrected chi connectivity index (χ0v) is 18.6. The molecule has 1 atom stereocenters. The third-order valence-electron chi connectivity index (χ3n) is 4.47. The molecule has 0 aliphatic rings. The molecule has 1 unspecified atom stereocenters. The average Bonchev–Trinajstić information content (AvgIpc) is 3.45. The highest BCUT2D eigenvalue weighted by molar-refractivity contribution is 7.13. The fourth-order valence-corrected chi connectivity index (χ4v) is 3.52. The van der Waals surface area contributed by atoms with Gasteiger partial charge >= 0.3 is 0 Å². The van der Waals surface area contributed by atoms with Crippen LogP contribution in [0, 0.1) is 0 Å². The van der Waals surface area contributed by atoms with Gasteiger partial charge in [0.15, 0.2) is 5.69 Å². The Morgan fingerprint density at radius 3 is 2.73 bits per heavy atom. The minimum atomic E-state index is -3.04. The molecule has 10 nitrogen and oxygen atoms in total. The Morgan fingerprint density at radius 1 is 1.21 bits per heavy atom. The van der Waals surface area contributed by atoms with E-state index < -0.39 is 18.0 Å². The summed E-state index contributed by atoms with van der Waals surface area (Å²) in [6.45, 7) is 0.603. The van der Waals surface area contributed by atoms with Gasteiger partial charge in [-0.3, -0.25) is 14.6 Å². The summed E-state index contributed by atoms with van der Waals surface area (Å²) in [4.78, 5) is 27.5. The van der Waals surface area contributed by atoms with Gasteiger partial charge < -0.3 is 10.6 Å². The number of aromatic nitrogens is 6. The standard InChI is InChI=1S/C19H21F3N8O2S/c1-19(21,22)12-5-11(6-24-8-12)7-25-16(31)14-10-30(29-26-14)9-13(20)3-4-15-27-28-18(33-15)17(32)23-2/h5-6,8,10,13H,3-4,7,9H2,1-2H3,(H,23,32)(H,25,31). The maximum absolute atomic E-state index is 14.3. The summed E-state index contributed by atoms with van der Waals surface area (Å²) in [5, 5.41) is 20.8. The summed E-state index contributed by atoms with van der Waals surface area (Å²) in [5.74, 6) is -3.97. The highest BCUT2D eigenvalue weighted by Gasteiger charge is 2.25. The third-order valence-corrected chi connectivity index (χ3v) is 5.45. The summed E-state index contributed by atoms with van der Waals surface area (Å²) < 4.78 is 42.4. The molecule has 0 aliphatic carbocycles. The zero-order chi connectivity index (χ0) is 24.0.